The lowest BCUT2D eigenvalue weighted by Crippen LogP contribution is -2.48. The van der Waals surface area contributed by atoms with Gasteiger partial charge in [0.1, 0.15) is 0 Å². The lowest BCUT2D eigenvalue weighted by Gasteiger charge is -2.26. The van der Waals surface area contributed by atoms with E-state index >= 15 is 0 Å². The number of hydrogen-bond acceptors (Lipinski definition) is 4. The van der Waals surface area contributed by atoms with Crippen molar-refractivity contribution in [2.24, 2.45) is 7.05 Å². The van der Waals surface area contributed by atoms with Crippen LogP contribution in [0.4, 0.5) is 0 Å². The van der Waals surface area contributed by atoms with Crippen LogP contribution in [0.1, 0.15) is 12.6 Å². The summed E-state index contributed by atoms with van der Waals surface area (Å²) in [7, 11) is 1.85. The first-order valence-electron chi connectivity index (χ1n) is 4.55. The van der Waals surface area contributed by atoms with Gasteiger partial charge in [0.05, 0.1) is 24.4 Å². The molecule has 0 atom stereocenters. The maximum atomic E-state index is 9.04. The summed E-state index contributed by atoms with van der Waals surface area (Å²) in [5, 5.41) is 25.2. The first-order valence-corrected chi connectivity index (χ1v) is 4.55. The largest absolute Gasteiger partial charge is 0.394 e. The molecule has 14 heavy (non-hydrogen) atoms. The highest BCUT2D eigenvalue weighted by Gasteiger charge is 2.21. The van der Waals surface area contributed by atoms with E-state index in [-0.39, 0.29) is 13.2 Å². The Morgan fingerprint density at radius 2 is 2.14 bits per heavy atom. The molecule has 1 heterocycles. The monoisotopic (exact) mass is 199 g/mol. The minimum atomic E-state index is -0.635. The van der Waals surface area contributed by atoms with E-state index < -0.39 is 5.54 Å². The van der Waals surface area contributed by atoms with Crippen LogP contribution in [0.15, 0.2) is 12.3 Å². The zero-order valence-corrected chi connectivity index (χ0v) is 8.56. The maximum Gasteiger partial charge on any atom is 0.0633 e. The molecule has 0 fully saturated rings. The fourth-order valence-electron chi connectivity index (χ4n) is 1.04. The van der Waals surface area contributed by atoms with E-state index in [0.717, 1.165) is 5.69 Å². The van der Waals surface area contributed by atoms with E-state index in [4.69, 9.17) is 10.2 Å². The van der Waals surface area contributed by atoms with Crippen LogP contribution in [-0.2, 0) is 13.6 Å². The number of aliphatic hydroxyl groups excluding tert-OH is 2. The number of aliphatic hydroxyl groups is 2. The second-order valence-corrected chi connectivity index (χ2v) is 3.68. The van der Waals surface area contributed by atoms with E-state index in [9.17, 15) is 0 Å². The molecule has 0 saturated heterocycles. The zero-order chi connectivity index (χ0) is 10.6. The number of nitrogens with one attached hydrogen (secondary N) is 1. The lowest BCUT2D eigenvalue weighted by atomic mass is 10.1. The van der Waals surface area contributed by atoms with E-state index in [1.807, 2.05) is 13.1 Å². The molecule has 3 N–H and O–H groups in total. The molecular weight excluding hydrogens is 182 g/mol. The zero-order valence-electron chi connectivity index (χ0n) is 8.56. The summed E-state index contributed by atoms with van der Waals surface area (Å²) in [6.07, 6.45) is 1.71. The summed E-state index contributed by atoms with van der Waals surface area (Å²) in [5.74, 6) is 0. The van der Waals surface area contributed by atoms with E-state index in [1.165, 1.54) is 0 Å². The van der Waals surface area contributed by atoms with Crippen LogP contribution < -0.4 is 5.32 Å². The van der Waals surface area contributed by atoms with E-state index in [1.54, 1.807) is 17.8 Å². The molecule has 80 valence electrons. The Labute approximate surface area is 83.4 Å². The number of rotatable bonds is 5. The number of hydrogen-bond donors (Lipinski definition) is 3. The van der Waals surface area contributed by atoms with Gasteiger partial charge in [-0.2, -0.15) is 5.10 Å². The molecule has 1 aromatic heterocycles. The molecule has 1 aromatic rings. The molecule has 0 bridgehead atoms. The summed E-state index contributed by atoms with van der Waals surface area (Å²) >= 11 is 0. The molecule has 0 aromatic carbocycles. The minimum absolute atomic E-state index is 0.0959. The predicted molar refractivity (Wildman–Crippen MR) is 52.6 cm³/mol. The van der Waals surface area contributed by atoms with Crippen LogP contribution in [0.25, 0.3) is 0 Å². The van der Waals surface area contributed by atoms with Gasteiger partial charge in [-0.1, -0.05) is 0 Å². The van der Waals surface area contributed by atoms with Crippen molar-refractivity contribution < 1.29 is 10.2 Å². The topological polar surface area (TPSA) is 70.3 Å². The SMILES string of the molecule is Cn1nccc1CNC(C)(CO)CO. The van der Waals surface area contributed by atoms with Crippen molar-refractivity contribution in [3.63, 3.8) is 0 Å². The fraction of sp³-hybridized carbons (Fsp3) is 0.667. The highest BCUT2D eigenvalue weighted by atomic mass is 16.3. The first kappa shape index (κ1) is 11.2. The third-order valence-electron chi connectivity index (χ3n) is 2.32. The summed E-state index contributed by atoms with van der Waals surface area (Å²) < 4.78 is 1.75. The molecule has 0 spiro atoms. The summed E-state index contributed by atoms with van der Waals surface area (Å²) in [6, 6.07) is 1.89. The quantitative estimate of drug-likeness (QED) is 0.584. The Kier molecular flexibility index (Phi) is 3.62. The van der Waals surface area contributed by atoms with Gasteiger partial charge in [-0.15, -0.1) is 0 Å². The Hall–Kier alpha value is -0.910. The summed E-state index contributed by atoms with van der Waals surface area (Å²) in [5.41, 5.74) is 0.378. The van der Waals surface area contributed by atoms with Crippen molar-refractivity contribution >= 4 is 0 Å². The molecule has 0 unspecified atom stereocenters. The fourth-order valence-corrected chi connectivity index (χ4v) is 1.04. The molecule has 0 aliphatic heterocycles. The van der Waals surface area contributed by atoms with Gasteiger partial charge in [0.25, 0.3) is 0 Å². The molecular formula is C9H17N3O2. The Balaban J connectivity index is 2.52. The van der Waals surface area contributed by atoms with E-state index in [2.05, 4.69) is 10.4 Å². The number of nitrogens with zero attached hydrogens (tertiary/aromatic N) is 2. The van der Waals surface area contributed by atoms with Crippen molar-refractivity contribution in [3.05, 3.63) is 18.0 Å². The van der Waals surface area contributed by atoms with Crippen molar-refractivity contribution in [3.8, 4) is 0 Å². The van der Waals surface area contributed by atoms with Crippen molar-refractivity contribution in [1.82, 2.24) is 15.1 Å². The average Bonchev–Trinajstić information content (AvgIpc) is 2.61. The normalized spacial score (nSPS) is 12.0. The second kappa shape index (κ2) is 4.54. The predicted octanol–water partition coefficient (Wildman–Crippen LogP) is -0.747. The third-order valence-corrected chi connectivity index (χ3v) is 2.32. The minimum Gasteiger partial charge on any atom is -0.394 e. The van der Waals surface area contributed by atoms with Gasteiger partial charge in [0, 0.05) is 19.8 Å². The molecule has 5 nitrogen and oxygen atoms in total. The van der Waals surface area contributed by atoms with Crippen LogP contribution in [0.2, 0.25) is 0 Å². The average molecular weight is 199 g/mol. The van der Waals surface area contributed by atoms with Gasteiger partial charge < -0.3 is 15.5 Å². The first-order chi connectivity index (χ1) is 6.61. The maximum absolute atomic E-state index is 9.04. The molecule has 0 saturated carbocycles. The van der Waals surface area contributed by atoms with Gasteiger partial charge in [-0.25, -0.2) is 0 Å². The third kappa shape index (κ3) is 2.54. The molecule has 0 amide bonds. The van der Waals surface area contributed by atoms with Gasteiger partial charge in [-0.05, 0) is 13.0 Å². The Morgan fingerprint density at radius 3 is 2.57 bits per heavy atom. The van der Waals surface area contributed by atoms with Crippen molar-refractivity contribution in [2.75, 3.05) is 13.2 Å². The number of aromatic nitrogens is 2. The molecule has 5 heteroatoms. The van der Waals surface area contributed by atoms with Gasteiger partial charge in [-0.3, -0.25) is 4.68 Å². The summed E-state index contributed by atoms with van der Waals surface area (Å²) in [4.78, 5) is 0. The molecule has 0 radical (unpaired) electrons. The Bertz CT molecular complexity index is 281. The van der Waals surface area contributed by atoms with Crippen LogP contribution in [0, 0.1) is 0 Å². The van der Waals surface area contributed by atoms with Crippen LogP contribution >= 0.6 is 0 Å². The highest BCUT2D eigenvalue weighted by Crippen LogP contribution is 2.03. The van der Waals surface area contributed by atoms with Crippen molar-refractivity contribution in [1.29, 1.82) is 0 Å². The highest BCUT2D eigenvalue weighted by molar-refractivity contribution is 5.00. The standard InChI is InChI=1S/C9H17N3O2/c1-9(6-13,7-14)10-5-8-3-4-11-12(8)2/h3-4,10,13-14H,5-7H2,1-2H3. The van der Waals surface area contributed by atoms with Gasteiger partial charge in [0.2, 0.25) is 0 Å². The Morgan fingerprint density at radius 1 is 1.50 bits per heavy atom. The second-order valence-electron chi connectivity index (χ2n) is 3.68. The van der Waals surface area contributed by atoms with Crippen molar-refractivity contribution in [2.45, 2.75) is 19.0 Å². The molecule has 0 aliphatic rings. The molecule has 0 aliphatic carbocycles. The van der Waals surface area contributed by atoms with Crippen LogP contribution in [0.5, 0.6) is 0 Å². The summed E-state index contributed by atoms with van der Waals surface area (Å²) in [6.45, 7) is 2.15. The van der Waals surface area contributed by atoms with Gasteiger partial charge >= 0.3 is 0 Å². The van der Waals surface area contributed by atoms with E-state index in [0.29, 0.717) is 6.54 Å². The number of aryl methyl sites for hydroxylation is 1. The smallest absolute Gasteiger partial charge is 0.0633 e. The van der Waals surface area contributed by atoms with Crippen LogP contribution in [-0.4, -0.2) is 38.7 Å². The van der Waals surface area contributed by atoms with Crippen LogP contribution in [0.3, 0.4) is 0 Å². The lowest BCUT2D eigenvalue weighted by molar-refractivity contribution is 0.102. The van der Waals surface area contributed by atoms with Gasteiger partial charge in [0.15, 0.2) is 0 Å². The molecule has 1 rings (SSSR count).